The summed E-state index contributed by atoms with van der Waals surface area (Å²) >= 11 is 0. The van der Waals surface area contributed by atoms with Crippen LogP contribution in [0.3, 0.4) is 0 Å². The maximum Gasteiger partial charge on any atom is 0.251 e. The zero-order valence-electron chi connectivity index (χ0n) is 19.0. The highest BCUT2D eigenvalue weighted by molar-refractivity contribution is 5.98. The molecule has 3 N–H and O–H groups in total. The Labute approximate surface area is 199 Å². The number of rotatable bonds is 10. The van der Waals surface area contributed by atoms with Crippen LogP contribution in [0.25, 0.3) is 0 Å². The molecule has 3 aromatic carbocycles. The van der Waals surface area contributed by atoms with E-state index in [1.807, 2.05) is 54.6 Å². The van der Waals surface area contributed by atoms with Crippen molar-refractivity contribution in [1.82, 2.24) is 5.32 Å². The molecule has 1 atom stereocenters. The Morgan fingerprint density at radius 3 is 2.59 bits per heavy atom. The highest BCUT2D eigenvalue weighted by atomic mass is 16.5. The van der Waals surface area contributed by atoms with Crippen molar-refractivity contribution in [3.8, 4) is 5.75 Å². The average Bonchev–Trinajstić information content (AvgIpc) is 3.40. The maximum absolute atomic E-state index is 12.4. The molecule has 1 saturated heterocycles. The SMILES string of the molecule is O=C(CNc1cccc(OCc2ccccc2)c1)Nc1cccc(C(=O)NCC2CCCO2)c1. The van der Waals surface area contributed by atoms with Crippen molar-refractivity contribution in [2.45, 2.75) is 25.6 Å². The predicted molar refractivity (Wildman–Crippen MR) is 132 cm³/mol. The van der Waals surface area contributed by atoms with Crippen LogP contribution >= 0.6 is 0 Å². The Kier molecular flexibility index (Phi) is 8.13. The minimum absolute atomic E-state index is 0.0809. The van der Waals surface area contributed by atoms with Gasteiger partial charge in [0.15, 0.2) is 0 Å². The lowest BCUT2D eigenvalue weighted by molar-refractivity contribution is -0.114. The van der Waals surface area contributed by atoms with Gasteiger partial charge in [-0.2, -0.15) is 0 Å². The van der Waals surface area contributed by atoms with Crippen LogP contribution in [-0.2, 0) is 16.1 Å². The minimum Gasteiger partial charge on any atom is -0.489 e. The molecule has 3 aromatic rings. The first-order valence-corrected chi connectivity index (χ1v) is 11.5. The van der Waals surface area contributed by atoms with Crippen molar-refractivity contribution in [3.63, 3.8) is 0 Å². The number of benzene rings is 3. The third-order valence-corrected chi connectivity index (χ3v) is 5.46. The minimum atomic E-state index is -0.215. The molecule has 0 saturated carbocycles. The lowest BCUT2D eigenvalue weighted by Crippen LogP contribution is -2.31. The van der Waals surface area contributed by atoms with E-state index < -0.39 is 0 Å². The van der Waals surface area contributed by atoms with Crippen molar-refractivity contribution in [2.75, 3.05) is 30.3 Å². The largest absolute Gasteiger partial charge is 0.489 e. The lowest BCUT2D eigenvalue weighted by Gasteiger charge is -2.12. The van der Waals surface area contributed by atoms with Gasteiger partial charge in [0, 0.05) is 36.2 Å². The van der Waals surface area contributed by atoms with Crippen LogP contribution in [0.15, 0.2) is 78.9 Å². The van der Waals surface area contributed by atoms with Crippen LogP contribution in [0.5, 0.6) is 5.75 Å². The number of amides is 2. The third-order valence-electron chi connectivity index (χ3n) is 5.46. The second-order valence-corrected chi connectivity index (χ2v) is 8.13. The van der Waals surface area contributed by atoms with Crippen molar-refractivity contribution < 1.29 is 19.1 Å². The molecule has 2 amide bonds. The summed E-state index contributed by atoms with van der Waals surface area (Å²) in [4.78, 5) is 24.9. The fourth-order valence-electron chi connectivity index (χ4n) is 3.68. The Bertz CT molecular complexity index is 1100. The van der Waals surface area contributed by atoms with Crippen LogP contribution in [0.4, 0.5) is 11.4 Å². The second-order valence-electron chi connectivity index (χ2n) is 8.13. The molecule has 176 valence electrons. The first-order chi connectivity index (χ1) is 16.7. The van der Waals surface area contributed by atoms with E-state index in [-0.39, 0.29) is 24.5 Å². The standard InChI is InChI=1S/C27H29N3O4/c31-26(18-28-22-10-5-12-24(16-22)34-19-20-7-2-1-3-8-20)30-23-11-4-9-21(15-23)27(32)29-17-25-13-6-14-33-25/h1-5,7-12,15-16,25,28H,6,13-14,17-19H2,(H,29,32)(H,30,31). The summed E-state index contributed by atoms with van der Waals surface area (Å²) < 4.78 is 11.4. The zero-order valence-corrected chi connectivity index (χ0v) is 19.0. The normalized spacial score (nSPS) is 14.9. The van der Waals surface area contributed by atoms with Crippen molar-refractivity contribution in [2.24, 2.45) is 0 Å². The maximum atomic E-state index is 12.4. The van der Waals surface area contributed by atoms with Crippen molar-refractivity contribution in [1.29, 1.82) is 0 Å². The molecule has 1 aliphatic heterocycles. The van der Waals surface area contributed by atoms with E-state index >= 15 is 0 Å². The van der Waals surface area contributed by atoms with Crippen LogP contribution < -0.4 is 20.7 Å². The van der Waals surface area contributed by atoms with E-state index in [0.29, 0.717) is 24.4 Å². The molecule has 0 aromatic heterocycles. The summed E-state index contributed by atoms with van der Waals surface area (Å²) in [6.45, 7) is 1.80. The van der Waals surface area contributed by atoms with Gasteiger partial charge in [0.2, 0.25) is 5.91 Å². The Morgan fingerprint density at radius 1 is 0.941 bits per heavy atom. The van der Waals surface area contributed by atoms with E-state index in [1.54, 1.807) is 24.3 Å². The molecule has 0 bridgehead atoms. The Hall–Kier alpha value is -3.84. The summed E-state index contributed by atoms with van der Waals surface area (Å²) in [7, 11) is 0. The smallest absolute Gasteiger partial charge is 0.251 e. The Morgan fingerprint density at radius 2 is 1.76 bits per heavy atom. The van der Waals surface area contributed by atoms with Gasteiger partial charge < -0.3 is 25.4 Å². The lowest BCUT2D eigenvalue weighted by atomic mass is 10.1. The van der Waals surface area contributed by atoms with E-state index in [0.717, 1.165) is 36.4 Å². The van der Waals surface area contributed by atoms with E-state index in [4.69, 9.17) is 9.47 Å². The molecule has 0 spiro atoms. The number of carbonyl (C=O) groups excluding carboxylic acids is 2. The molecule has 0 aliphatic carbocycles. The quantitative estimate of drug-likeness (QED) is 0.422. The fraction of sp³-hybridized carbons (Fsp3) is 0.259. The number of ether oxygens (including phenoxy) is 2. The van der Waals surface area contributed by atoms with Crippen LogP contribution in [0.1, 0.15) is 28.8 Å². The topological polar surface area (TPSA) is 88.7 Å². The van der Waals surface area contributed by atoms with Crippen molar-refractivity contribution >= 4 is 23.2 Å². The zero-order chi connectivity index (χ0) is 23.6. The summed E-state index contributed by atoms with van der Waals surface area (Å²) in [6.07, 6.45) is 2.08. The molecule has 1 heterocycles. The third kappa shape index (κ3) is 7.08. The number of carbonyl (C=O) groups is 2. The van der Waals surface area contributed by atoms with Gasteiger partial charge in [0.05, 0.1) is 12.6 Å². The molecular formula is C27H29N3O4. The molecule has 4 rings (SSSR count). The molecule has 7 heteroatoms. The number of anilines is 2. The van der Waals surface area contributed by atoms with Gasteiger partial charge in [0.25, 0.3) is 5.91 Å². The molecule has 1 aliphatic rings. The highest BCUT2D eigenvalue weighted by Gasteiger charge is 2.17. The van der Waals surface area contributed by atoms with E-state index in [9.17, 15) is 9.59 Å². The van der Waals surface area contributed by atoms with Gasteiger partial charge in [0.1, 0.15) is 12.4 Å². The van der Waals surface area contributed by atoms with E-state index in [1.165, 1.54) is 0 Å². The average molecular weight is 460 g/mol. The van der Waals surface area contributed by atoms with Crippen LogP contribution in [-0.4, -0.2) is 37.6 Å². The molecular weight excluding hydrogens is 430 g/mol. The monoisotopic (exact) mass is 459 g/mol. The Balaban J connectivity index is 1.24. The number of nitrogens with one attached hydrogen (secondary N) is 3. The van der Waals surface area contributed by atoms with Crippen LogP contribution in [0.2, 0.25) is 0 Å². The first-order valence-electron chi connectivity index (χ1n) is 11.5. The summed E-state index contributed by atoms with van der Waals surface area (Å²) in [5.74, 6) is 0.320. The second kappa shape index (κ2) is 11.9. The van der Waals surface area contributed by atoms with Gasteiger partial charge >= 0.3 is 0 Å². The van der Waals surface area contributed by atoms with Gasteiger partial charge in [-0.1, -0.05) is 42.5 Å². The van der Waals surface area contributed by atoms with Crippen molar-refractivity contribution in [3.05, 3.63) is 90.0 Å². The summed E-state index contributed by atoms with van der Waals surface area (Å²) in [5, 5.41) is 8.83. The van der Waals surface area contributed by atoms with Gasteiger partial charge in [-0.3, -0.25) is 9.59 Å². The van der Waals surface area contributed by atoms with Gasteiger partial charge in [-0.15, -0.1) is 0 Å². The molecule has 7 nitrogen and oxygen atoms in total. The number of hydrogen-bond donors (Lipinski definition) is 3. The van der Waals surface area contributed by atoms with Crippen LogP contribution in [0, 0.1) is 0 Å². The molecule has 0 radical (unpaired) electrons. The molecule has 34 heavy (non-hydrogen) atoms. The van der Waals surface area contributed by atoms with Gasteiger partial charge in [-0.25, -0.2) is 0 Å². The van der Waals surface area contributed by atoms with E-state index in [2.05, 4.69) is 16.0 Å². The number of hydrogen-bond acceptors (Lipinski definition) is 5. The molecule has 1 fully saturated rings. The fourth-order valence-corrected chi connectivity index (χ4v) is 3.68. The summed E-state index contributed by atoms with van der Waals surface area (Å²) in [5.41, 5.74) is 2.93. The predicted octanol–water partition coefficient (Wildman–Crippen LogP) is 4.23. The first kappa shape index (κ1) is 23.3. The van der Waals surface area contributed by atoms with Gasteiger partial charge in [-0.05, 0) is 48.7 Å². The summed E-state index contributed by atoms with van der Waals surface area (Å²) in [6, 6.07) is 24.3. The molecule has 1 unspecified atom stereocenters. The highest BCUT2D eigenvalue weighted by Crippen LogP contribution is 2.19.